The Morgan fingerprint density at radius 1 is 0.313 bits per heavy atom. The molecule has 8 rings (SSSR count). The number of methoxy groups -OCH3 is 2. The van der Waals surface area contributed by atoms with Gasteiger partial charge in [0.15, 0.2) is 0 Å². The predicted molar refractivity (Wildman–Crippen MR) is 265 cm³/mol. The lowest BCUT2D eigenvalue weighted by Gasteiger charge is -2.37. The predicted octanol–water partition coefficient (Wildman–Crippen LogP) is 12.6. The summed E-state index contributed by atoms with van der Waals surface area (Å²) in [5.41, 5.74) is 6.25. The van der Waals surface area contributed by atoms with Crippen LogP contribution in [0.15, 0.2) is 231 Å². The molecule has 0 radical (unpaired) electrons. The summed E-state index contributed by atoms with van der Waals surface area (Å²) in [5.74, 6) is 1.53. The van der Waals surface area contributed by atoms with Crippen LogP contribution in [-0.4, -0.2) is 53.9 Å². The lowest BCUT2D eigenvalue weighted by molar-refractivity contribution is -0.0894. The van der Waals surface area contributed by atoms with Gasteiger partial charge in [0.05, 0.1) is 53.9 Å². The molecule has 0 aliphatic rings. The van der Waals surface area contributed by atoms with E-state index in [1.807, 2.05) is 84.9 Å². The Balaban J connectivity index is 0.969. The molecule has 0 heterocycles. The van der Waals surface area contributed by atoms with Gasteiger partial charge in [-0.1, -0.05) is 206 Å². The Kier molecular flexibility index (Phi) is 16.4. The maximum Gasteiger partial charge on any atom is 0.143 e. The van der Waals surface area contributed by atoms with E-state index < -0.39 is 23.4 Å². The van der Waals surface area contributed by atoms with Gasteiger partial charge in [-0.3, -0.25) is 0 Å². The monoisotopic (exact) mass is 890 g/mol. The summed E-state index contributed by atoms with van der Waals surface area (Å²) < 4.78 is 45.0. The first-order valence-corrected chi connectivity index (χ1v) is 22.8. The molecule has 2 atom stereocenters. The molecule has 67 heavy (non-hydrogen) atoms. The van der Waals surface area contributed by atoms with Crippen molar-refractivity contribution in [2.45, 2.75) is 23.4 Å². The van der Waals surface area contributed by atoms with Crippen LogP contribution in [0.1, 0.15) is 56.7 Å². The average molecular weight is 891 g/mol. The van der Waals surface area contributed by atoms with Gasteiger partial charge in [-0.25, -0.2) is 0 Å². The van der Waals surface area contributed by atoms with Crippen LogP contribution in [0.25, 0.3) is 0 Å². The molecule has 0 aliphatic carbocycles. The number of rotatable bonds is 24. The molecule has 0 aromatic heterocycles. The van der Waals surface area contributed by atoms with Gasteiger partial charge in [0.25, 0.3) is 0 Å². The van der Waals surface area contributed by atoms with Crippen LogP contribution in [0.3, 0.4) is 0 Å². The van der Waals surface area contributed by atoms with Crippen LogP contribution in [0.4, 0.5) is 0 Å². The highest BCUT2D eigenvalue weighted by Gasteiger charge is 2.40. The lowest BCUT2D eigenvalue weighted by atomic mass is 9.80. The van der Waals surface area contributed by atoms with E-state index in [0.29, 0.717) is 26.4 Å². The van der Waals surface area contributed by atoms with Gasteiger partial charge in [-0.05, 0) is 68.8 Å². The molecule has 0 N–H and O–H groups in total. The van der Waals surface area contributed by atoms with Gasteiger partial charge in [-0.15, -0.1) is 0 Å². The minimum absolute atomic E-state index is 0.258. The van der Waals surface area contributed by atoms with Crippen molar-refractivity contribution in [3.8, 4) is 11.5 Å². The SMILES string of the molecule is COc1ccc([C@@H](COC(c2ccccc2)(c2ccccc2)c2ccccc2)OCCOCCO[C@H](COC(c2ccccc2)(c2ccccc2)c2ccccc2)c2ccc(OC)cc2)cc1. The zero-order chi connectivity index (χ0) is 46.0. The van der Waals surface area contributed by atoms with E-state index in [1.54, 1.807) is 14.2 Å². The van der Waals surface area contributed by atoms with Crippen LogP contribution >= 0.6 is 0 Å². The molecule has 7 nitrogen and oxygen atoms in total. The van der Waals surface area contributed by atoms with Crippen molar-refractivity contribution in [3.63, 3.8) is 0 Å². The first kappa shape index (κ1) is 46.7. The van der Waals surface area contributed by atoms with E-state index in [-0.39, 0.29) is 13.2 Å². The molecule has 7 heteroatoms. The number of benzene rings is 8. The number of hydrogen-bond donors (Lipinski definition) is 0. The van der Waals surface area contributed by atoms with E-state index in [9.17, 15) is 0 Å². The molecule has 0 amide bonds. The molecule has 0 saturated heterocycles. The second kappa shape index (κ2) is 23.6. The largest absolute Gasteiger partial charge is 0.497 e. The summed E-state index contributed by atoms with van der Waals surface area (Å²) in [6.07, 6.45) is -0.839. The highest BCUT2D eigenvalue weighted by atomic mass is 16.6. The standard InChI is InChI=1S/C60H58O7/c1-61-55-37-33-47(34-38-55)57(45-66-59(49-21-9-3-10-22-49,50-23-11-4-12-24-50)51-25-13-5-14-26-51)64-43-41-63-42-44-65-58(48-35-39-56(62-2)40-36-48)46-67-60(52-27-15-6-16-28-52,53-29-17-7-18-30-53)54-31-19-8-20-32-54/h3-40,57-58H,41-46H2,1-2H3/t57-,58-/m1/s1. The van der Waals surface area contributed by atoms with Crippen LogP contribution in [0, 0.1) is 0 Å². The van der Waals surface area contributed by atoms with E-state index in [2.05, 4.69) is 146 Å². The van der Waals surface area contributed by atoms with Crippen LogP contribution in [-0.2, 0) is 34.9 Å². The van der Waals surface area contributed by atoms with Crippen molar-refractivity contribution >= 4 is 0 Å². The molecule has 0 aliphatic heterocycles. The zero-order valence-electron chi connectivity index (χ0n) is 38.2. The quantitative estimate of drug-likeness (QED) is 0.0442. The summed E-state index contributed by atoms with van der Waals surface area (Å²) in [5, 5.41) is 0. The number of hydrogen-bond acceptors (Lipinski definition) is 7. The minimum Gasteiger partial charge on any atom is -0.497 e. The summed E-state index contributed by atoms with van der Waals surface area (Å²) in [6.45, 7) is 1.87. The third-order valence-corrected chi connectivity index (χ3v) is 12.1. The van der Waals surface area contributed by atoms with Crippen LogP contribution in [0.2, 0.25) is 0 Å². The summed E-state index contributed by atoms with van der Waals surface area (Å²) in [7, 11) is 3.33. The van der Waals surface area contributed by atoms with E-state index in [4.69, 9.17) is 33.2 Å². The Morgan fingerprint density at radius 3 is 0.806 bits per heavy atom. The maximum atomic E-state index is 7.23. The minimum atomic E-state index is -0.904. The molecule has 0 bridgehead atoms. The Hall–Kier alpha value is -6.84. The highest BCUT2D eigenvalue weighted by molar-refractivity contribution is 5.49. The number of ether oxygens (including phenoxy) is 7. The Morgan fingerprint density at radius 2 is 0.567 bits per heavy atom. The van der Waals surface area contributed by atoms with Crippen LogP contribution in [0.5, 0.6) is 11.5 Å². The van der Waals surface area contributed by atoms with Crippen molar-refractivity contribution < 1.29 is 33.2 Å². The molecule has 340 valence electrons. The molecular weight excluding hydrogens is 833 g/mol. The van der Waals surface area contributed by atoms with E-state index in [1.165, 1.54) is 0 Å². The van der Waals surface area contributed by atoms with Crippen molar-refractivity contribution in [3.05, 3.63) is 275 Å². The smallest absolute Gasteiger partial charge is 0.143 e. The topological polar surface area (TPSA) is 64.6 Å². The zero-order valence-corrected chi connectivity index (χ0v) is 38.2. The Bertz CT molecular complexity index is 2230. The molecule has 0 saturated carbocycles. The molecule has 0 spiro atoms. The van der Waals surface area contributed by atoms with Crippen molar-refractivity contribution in [2.24, 2.45) is 0 Å². The lowest BCUT2D eigenvalue weighted by Crippen LogP contribution is -2.35. The van der Waals surface area contributed by atoms with Crippen molar-refractivity contribution in [1.29, 1.82) is 0 Å². The molecule has 0 fully saturated rings. The molecule has 8 aromatic rings. The average Bonchev–Trinajstić information content (AvgIpc) is 3.41. The first-order valence-electron chi connectivity index (χ1n) is 22.8. The highest BCUT2D eigenvalue weighted by Crippen LogP contribution is 2.43. The summed E-state index contributed by atoms with van der Waals surface area (Å²) >= 11 is 0. The van der Waals surface area contributed by atoms with Gasteiger partial charge < -0.3 is 33.2 Å². The fraction of sp³-hybridized carbons (Fsp3) is 0.200. The first-order chi connectivity index (χ1) is 33.1. The Labute approximate surface area is 395 Å². The fourth-order valence-corrected chi connectivity index (χ4v) is 8.66. The van der Waals surface area contributed by atoms with Gasteiger partial charge >= 0.3 is 0 Å². The molecule has 0 unspecified atom stereocenters. The third kappa shape index (κ3) is 11.2. The summed E-state index contributed by atoms with van der Waals surface area (Å²) in [6, 6.07) is 78.2. The normalized spacial score (nSPS) is 12.6. The van der Waals surface area contributed by atoms with E-state index >= 15 is 0 Å². The maximum absolute atomic E-state index is 7.23. The van der Waals surface area contributed by atoms with Crippen LogP contribution < -0.4 is 9.47 Å². The third-order valence-electron chi connectivity index (χ3n) is 12.1. The van der Waals surface area contributed by atoms with Crippen molar-refractivity contribution in [2.75, 3.05) is 53.9 Å². The molecule has 8 aromatic carbocycles. The van der Waals surface area contributed by atoms with Gasteiger partial charge in [0.1, 0.15) is 34.9 Å². The molecular formula is C60H58O7. The van der Waals surface area contributed by atoms with Gasteiger partial charge in [0.2, 0.25) is 0 Å². The van der Waals surface area contributed by atoms with Gasteiger partial charge in [0, 0.05) is 0 Å². The summed E-state index contributed by atoms with van der Waals surface area (Å²) in [4.78, 5) is 0. The van der Waals surface area contributed by atoms with E-state index in [0.717, 1.165) is 56.0 Å². The second-order valence-corrected chi connectivity index (χ2v) is 16.1. The van der Waals surface area contributed by atoms with Crippen molar-refractivity contribution in [1.82, 2.24) is 0 Å². The second-order valence-electron chi connectivity index (χ2n) is 16.1. The fourth-order valence-electron chi connectivity index (χ4n) is 8.66. The van der Waals surface area contributed by atoms with Gasteiger partial charge in [-0.2, -0.15) is 0 Å².